The second-order valence-electron chi connectivity index (χ2n) is 5.90. The van der Waals surface area contributed by atoms with Gasteiger partial charge in [-0.3, -0.25) is 19.3 Å². The summed E-state index contributed by atoms with van der Waals surface area (Å²) in [5, 5.41) is 6.69. The predicted molar refractivity (Wildman–Crippen MR) is 110 cm³/mol. The third-order valence-corrected chi connectivity index (χ3v) is 4.44. The van der Waals surface area contributed by atoms with Crippen LogP contribution in [0.5, 0.6) is 0 Å². The molecule has 7 nitrogen and oxygen atoms in total. The van der Waals surface area contributed by atoms with Crippen molar-refractivity contribution in [3.05, 3.63) is 65.2 Å². The lowest BCUT2D eigenvalue weighted by Crippen LogP contribution is -2.58. The largest absolute Gasteiger partial charge is 0.301 e. The topological polar surface area (TPSA) is 90.9 Å². The molecule has 0 bridgehead atoms. The van der Waals surface area contributed by atoms with Crippen LogP contribution in [0.1, 0.15) is 5.56 Å². The van der Waals surface area contributed by atoms with Crippen molar-refractivity contribution < 1.29 is 14.4 Å². The molecule has 1 aliphatic heterocycles. The zero-order chi connectivity index (χ0) is 20.1. The molecule has 1 aliphatic rings. The number of amides is 3. The number of halogens is 1. The number of anilines is 1. The van der Waals surface area contributed by atoms with Gasteiger partial charge in [-0.25, -0.2) is 5.43 Å². The van der Waals surface area contributed by atoms with Gasteiger partial charge in [0.2, 0.25) is 11.8 Å². The Hall–Kier alpha value is -3.10. The molecule has 0 radical (unpaired) electrons. The van der Waals surface area contributed by atoms with Gasteiger partial charge >= 0.3 is 0 Å². The van der Waals surface area contributed by atoms with Crippen LogP contribution in [0.15, 0.2) is 59.7 Å². The Balaban J connectivity index is 1.68. The van der Waals surface area contributed by atoms with E-state index >= 15 is 0 Å². The summed E-state index contributed by atoms with van der Waals surface area (Å²) in [4.78, 5) is 38.0. The first-order chi connectivity index (χ1) is 13.5. The normalized spacial score (nSPS) is 17.0. The minimum absolute atomic E-state index is 0.0323. The Morgan fingerprint density at radius 3 is 2.54 bits per heavy atom. The molecule has 2 aromatic rings. The van der Waals surface area contributed by atoms with Crippen LogP contribution in [0.4, 0.5) is 5.69 Å². The van der Waals surface area contributed by atoms with Crippen molar-refractivity contribution >= 4 is 58.6 Å². The summed E-state index contributed by atoms with van der Waals surface area (Å²) in [5.74, 6) is -2.77. The number of benzene rings is 2. The highest BCUT2D eigenvalue weighted by atomic mass is 35.5. The van der Waals surface area contributed by atoms with Gasteiger partial charge in [-0.05, 0) is 42.0 Å². The zero-order valence-corrected chi connectivity index (χ0v) is 16.0. The highest BCUT2D eigenvalue weighted by Gasteiger charge is 2.38. The number of hydrogen-bond acceptors (Lipinski definition) is 5. The van der Waals surface area contributed by atoms with Crippen LogP contribution in [-0.2, 0) is 20.8 Å². The standard InChI is InChI=1S/C19H15ClN4O3S/c20-13-6-8-14(9-7-13)24-18(27)15(17(26)22-19(24)28)11-21-23-16(25)10-12-4-2-1-3-5-12/h1-9,11,15H,10H2,(H,23,25)(H,22,26,28)/b21-11-/t15-/m0/s1. The molecule has 3 rings (SSSR count). The lowest BCUT2D eigenvalue weighted by molar-refractivity contribution is -0.130. The molecule has 142 valence electrons. The van der Waals surface area contributed by atoms with E-state index < -0.39 is 17.7 Å². The van der Waals surface area contributed by atoms with Crippen LogP contribution in [0.3, 0.4) is 0 Å². The molecule has 0 aromatic heterocycles. The number of hydrogen-bond donors (Lipinski definition) is 2. The van der Waals surface area contributed by atoms with Crippen molar-refractivity contribution in [3.8, 4) is 0 Å². The summed E-state index contributed by atoms with van der Waals surface area (Å²) in [7, 11) is 0. The third-order valence-electron chi connectivity index (χ3n) is 3.91. The fourth-order valence-corrected chi connectivity index (χ4v) is 2.98. The first-order valence-corrected chi connectivity index (χ1v) is 9.04. The molecule has 0 saturated carbocycles. The maximum Gasteiger partial charge on any atom is 0.251 e. The minimum atomic E-state index is -1.22. The summed E-state index contributed by atoms with van der Waals surface area (Å²) in [6, 6.07) is 15.6. The van der Waals surface area contributed by atoms with Gasteiger partial charge in [0.25, 0.3) is 5.91 Å². The molecule has 3 amide bonds. The number of thiocarbonyl (C=S) groups is 1. The molecule has 0 unspecified atom stereocenters. The Kier molecular flexibility index (Phi) is 6.13. The Morgan fingerprint density at radius 2 is 1.86 bits per heavy atom. The third kappa shape index (κ3) is 4.59. The maximum absolute atomic E-state index is 12.7. The van der Waals surface area contributed by atoms with Crippen molar-refractivity contribution in [2.75, 3.05) is 4.90 Å². The average molecular weight is 415 g/mol. The molecule has 1 saturated heterocycles. The van der Waals surface area contributed by atoms with Gasteiger partial charge in [-0.15, -0.1) is 0 Å². The molecule has 0 aliphatic carbocycles. The molecule has 28 heavy (non-hydrogen) atoms. The van der Waals surface area contributed by atoms with Crippen molar-refractivity contribution in [2.24, 2.45) is 11.0 Å². The molecule has 1 atom stereocenters. The van der Waals surface area contributed by atoms with Gasteiger partial charge in [0, 0.05) is 11.2 Å². The first-order valence-electron chi connectivity index (χ1n) is 8.26. The van der Waals surface area contributed by atoms with Crippen molar-refractivity contribution in [1.29, 1.82) is 0 Å². The molecular formula is C19H15ClN4O3S. The van der Waals surface area contributed by atoms with Gasteiger partial charge in [-0.1, -0.05) is 41.9 Å². The maximum atomic E-state index is 12.7. The van der Waals surface area contributed by atoms with Crippen molar-refractivity contribution in [1.82, 2.24) is 10.7 Å². The first kappa shape index (κ1) is 19.7. The van der Waals surface area contributed by atoms with Gasteiger partial charge in [0.15, 0.2) is 11.0 Å². The number of carbonyl (C=O) groups excluding carboxylic acids is 3. The van der Waals surface area contributed by atoms with Crippen LogP contribution in [0, 0.1) is 5.92 Å². The molecule has 2 aromatic carbocycles. The Morgan fingerprint density at radius 1 is 1.18 bits per heavy atom. The smallest absolute Gasteiger partial charge is 0.251 e. The van der Waals surface area contributed by atoms with E-state index in [0.29, 0.717) is 10.7 Å². The van der Waals surface area contributed by atoms with E-state index in [-0.39, 0.29) is 17.4 Å². The van der Waals surface area contributed by atoms with E-state index in [1.807, 2.05) is 30.3 Å². The second kappa shape index (κ2) is 8.73. The quantitative estimate of drug-likeness (QED) is 0.339. The van der Waals surface area contributed by atoms with Gasteiger partial charge < -0.3 is 5.32 Å². The number of nitrogens with zero attached hydrogens (tertiary/aromatic N) is 2. The summed E-state index contributed by atoms with van der Waals surface area (Å²) < 4.78 is 0. The SMILES string of the molecule is O=C(Cc1ccccc1)N/N=C\[C@H]1C(=O)NC(=S)N(c2ccc(Cl)cc2)C1=O. The monoisotopic (exact) mass is 414 g/mol. The highest BCUT2D eigenvalue weighted by Crippen LogP contribution is 2.22. The van der Waals surface area contributed by atoms with E-state index in [2.05, 4.69) is 15.8 Å². The molecule has 9 heteroatoms. The fraction of sp³-hybridized carbons (Fsp3) is 0.105. The predicted octanol–water partition coefficient (Wildman–Crippen LogP) is 2.05. The van der Waals surface area contributed by atoms with E-state index in [1.165, 1.54) is 4.90 Å². The zero-order valence-electron chi connectivity index (χ0n) is 14.5. The molecule has 1 heterocycles. The lowest BCUT2D eigenvalue weighted by atomic mass is 10.1. The van der Waals surface area contributed by atoms with Gasteiger partial charge in [-0.2, -0.15) is 5.10 Å². The number of nitrogens with one attached hydrogen (secondary N) is 2. The van der Waals surface area contributed by atoms with Crippen molar-refractivity contribution in [2.45, 2.75) is 6.42 Å². The van der Waals surface area contributed by atoms with Crippen LogP contribution in [0.25, 0.3) is 0 Å². The summed E-state index contributed by atoms with van der Waals surface area (Å²) in [5.41, 5.74) is 3.61. The Bertz CT molecular complexity index is 947. The number of rotatable bonds is 5. The highest BCUT2D eigenvalue weighted by molar-refractivity contribution is 7.80. The minimum Gasteiger partial charge on any atom is -0.301 e. The van der Waals surface area contributed by atoms with Crippen LogP contribution in [-0.4, -0.2) is 29.0 Å². The Labute approximate surface area is 171 Å². The fourth-order valence-electron chi connectivity index (χ4n) is 2.56. The van der Waals surface area contributed by atoms with E-state index in [0.717, 1.165) is 11.8 Å². The lowest BCUT2D eigenvalue weighted by Gasteiger charge is -2.30. The summed E-state index contributed by atoms with van der Waals surface area (Å²) in [6.45, 7) is 0. The van der Waals surface area contributed by atoms with Crippen molar-refractivity contribution in [3.63, 3.8) is 0 Å². The van der Waals surface area contributed by atoms with E-state index in [1.54, 1.807) is 24.3 Å². The second-order valence-corrected chi connectivity index (χ2v) is 6.72. The van der Waals surface area contributed by atoms with Crippen LogP contribution in [0.2, 0.25) is 5.02 Å². The number of hydrazone groups is 1. The van der Waals surface area contributed by atoms with Crippen LogP contribution < -0.4 is 15.6 Å². The molecule has 1 fully saturated rings. The van der Waals surface area contributed by atoms with E-state index in [9.17, 15) is 14.4 Å². The average Bonchev–Trinajstić information content (AvgIpc) is 2.66. The van der Waals surface area contributed by atoms with Gasteiger partial charge in [0.05, 0.1) is 12.1 Å². The molecule has 2 N–H and O–H groups in total. The van der Waals surface area contributed by atoms with Crippen LogP contribution >= 0.6 is 23.8 Å². The molecular weight excluding hydrogens is 400 g/mol. The van der Waals surface area contributed by atoms with Gasteiger partial charge in [0.1, 0.15) is 0 Å². The summed E-state index contributed by atoms with van der Waals surface area (Å²) >= 11 is 11.0. The molecule has 0 spiro atoms. The summed E-state index contributed by atoms with van der Waals surface area (Å²) in [6.07, 6.45) is 1.22. The van der Waals surface area contributed by atoms with E-state index in [4.69, 9.17) is 23.8 Å². The number of carbonyl (C=O) groups is 3.